The molecule has 1 aliphatic rings. The van der Waals surface area contributed by atoms with E-state index in [1.165, 1.54) is 0 Å². The summed E-state index contributed by atoms with van der Waals surface area (Å²) in [6, 6.07) is 5.01. The molecule has 88 valence electrons. The number of methoxy groups -OCH3 is 1. The summed E-state index contributed by atoms with van der Waals surface area (Å²) < 4.78 is 5.12. The largest absolute Gasteiger partial charge is 0.495 e. The number of hydrogen-bond acceptors (Lipinski definition) is 3. The summed E-state index contributed by atoms with van der Waals surface area (Å²) in [5.74, 6) is 0.953. The number of halogens is 1. The highest BCUT2D eigenvalue weighted by Crippen LogP contribution is 2.38. The normalized spacial score (nSPS) is 19.2. The third-order valence-corrected chi connectivity index (χ3v) is 3.35. The molecule has 0 saturated heterocycles. The van der Waals surface area contributed by atoms with Gasteiger partial charge in [-0.15, -0.1) is 0 Å². The quantitative estimate of drug-likeness (QED) is 0.849. The van der Waals surface area contributed by atoms with Gasteiger partial charge in [-0.05, 0) is 36.5 Å². The maximum atomic E-state index is 9.94. The van der Waals surface area contributed by atoms with Gasteiger partial charge < -0.3 is 15.6 Å². The first-order chi connectivity index (χ1) is 7.63. The first kappa shape index (κ1) is 11.7. The van der Waals surface area contributed by atoms with Crippen molar-refractivity contribution in [3.8, 4) is 5.75 Å². The molecule has 1 aromatic rings. The highest BCUT2D eigenvalue weighted by molar-refractivity contribution is 6.32. The van der Waals surface area contributed by atoms with Crippen LogP contribution >= 0.6 is 11.6 Å². The van der Waals surface area contributed by atoms with Crippen LogP contribution in [0.4, 0.5) is 0 Å². The second-order valence-corrected chi connectivity index (χ2v) is 4.65. The van der Waals surface area contributed by atoms with Gasteiger partial charge in [-0.25, -0.2) is 0 Å². The van der Waals surface area contributed by atoms with Gasteiger partial charge in [-0.1, -0.05) is 17.7 Å². The molecule has 0 heterocycles. The van der Waals surface area contributed by atoms with E-state index < -0.39 is 6.10 Å². The number of aliphatic hydroxyl groups excluding tert-OH is 1. The maximum absolute atomic E-state index is 9.94. The molecule has 2 rings (SSSR count). The summed E-state index contributed by atoms with van der Waals surface area (Å²) in [6.07, 6.45) is 1.67. The molecule has 1 aliphatic carbocycles. The lowest BCUT2D eigenvalue weighted by Gasteiger charge is -2.19. The van der Waals surface area contributed by atoms with Crippen LogP contribution in [0.15, 0.2) is 18.2 Å². The van der Waals surface area contributed by atoms with E-state index in [1.54, 1.807) is 19.2 Å². The van der Waals surface area contributed by atoms with Gasteiger partial charge in [-0.3, -0.25) is 0 Å². The van der Waals surface area contributed by atoms with Crippen molar-refractivity contribution in [1.82, 2.24) is 0 Å². The van der Waals surface area contributed by atoms with Crippen LogP contribution in [0.1, 0.15) is 24.4 Å². The highest BCUT2D eigenvalue weighted by Gasteiger charge is 2.34. The van der Waals surface area contributed by atoms with Gasteiger partial charge in [-0.2, -0.15) is 0 Å². The second-order valence-electron chi connectivity index (χ2n) is 4.25. The summed E-state index contributed by atoms with van der Waals surface area (Å²) in [5.41, 5.74) is 6.87. The first-order valence-corrected chi connectivity index (χ1v) is 5.78. The van der Waals surface area contributed by atoms with Gasteiger partial charge >= 0.3 is 0 Å². The minimum Gasteiger partial charge on any atom is -0.495 e. The molecule has 4 heteroatoms. The van der Waals surface area contributed by atoms with E-state index >= 15 is 0 Å². The number of hydrogen-bond donors (Lipinski definition) is 2. The van der Waals surface area contributed by atoms with Crippen LogP contribution in [0.5, 0.6) is 5.75 Å². The maximum Gasteiger partial charge on any atom is 0.137 e. The van der Waals surface area contributed by atoms with Crippen LogP contribution in [0.3, 0.4) is 0 Å². The summed E-state index contributed by atoms with van der Waals surface area (Å²) in [4.78, 5) is 0. The van der Waals surface area contributed by atoms with Crippen molar-refractivity contribution < 1.29 is 9.84 Å². The first-order valence-electron chi connectivity index (χ1n) is 5.40. The van der Waals surface area contributed by atoms with E-state index in [0.717, 1.165) is 18.4 Å². The lowest BCUT2D eigenvalue weighted by molar-refractivity contribution is 0.122. The number of benzene rings is 1. The van der Waals surface area contributed by atoms with E-state index in [1.807, 2.05) is 6.07 Å². The van der Waals surface area contributed by atoms with Crippen LogP contribution in [-0.4, -0.2) is 18.3 Å². The third-order valence-electron chi connectivity index (χ3n) is 3.03. The number of rotatable bonds is 4. The van der Waals surface area contributed by atoms with Crippen molar-refractivity contribution in [1.29, 1.82) is 0 Å². The fraction of sp³-hybridized carbons (Fsp3) is 0.500. The van der Waals surface area contributed by atoms with Gasteiger partial charge in [0.15, 0.2) is 0 Å². The standard InChI is InChI=1S/C12H16ClNO2/c1-16-10-6-8(4-5-9(10)13)11(14)12(15)7-2-3-7/h4-7,11-12,15H,2-3,14H2,1H3/t11-,12+/m1/s1. The smallest absolute Gasteiger partial charge is 0.137 e. The lowest BCUT2D eigenvalue weighted by atomic mass is 9.99. The minimum absolute atomic E-state index is 0.358. The van der Waals surface area contributed by atoms with Crippen molar-refractivity contribution >= 4 is 11.6 Å². The predicted octanol–water partition coefficient (Wildman–Crippen LogP) is 2.12. The van der Waals surface area contributed by atoms with Crippen LogP contribution in [0, 0.1) is 5.92 Å². The molecule has 0 unspecified atom stereocenters. The van der Waals surface area contributed by atoms with Crippen molar-refractivity contribution in [3.63, 3.8) is 0 Å². The fourth-order valence-corrected chi connectivity index (χ4v) is 2.01. The molecule has 0 bridgehead atoms. The molecule has 0 aromatic heterocycles. The Labute approximate surface area is 100 Å². The Balaban J connectivity index is 2.18. The zero-order chi connectivity index (χ0) is 11.7. The molecule has 0 aliphatic heterocycles. The molecule has 1 aromatic carbocycles. The number of nitrogens with two attached hydrogens (primary N) is 1. The van der Waals surface area contributed by atoms with E-state index in [0.29, 0.717) is 16.7 Å². The summed E-state index contributed by atoms with van der Waals surface area (Å²) in [7, 11) is 1.56. The Morgan fingerprint density at radius 2 is 2.19 bits per heavy atom. The van der Waals surface area contributed by atoms with E-state index in [4.69, 9.17) is 22.1 Å². The van der Waals surface area contributed by atoms with Gasteiger partial charge in [0.05, 0.1) is 24.3 Å². The molecule has 0 amide bonds. The topological polar surface area (TPSA) is 55.5 Å². The predicted molar refractivity (Wildman–Crippen MR) is 63.7 cm³/mol. The second kappa shape index (κ2) is 4.62. The van der Waals surface area contributed by atoms with Gasteiger partial charge in [0.1, 0.15) is 5.75 Å². The van der Waals surface area contributed by atoms with Crippen molar-refractivity contribution in [3.05, 3.63) is 28.8 Å². The van der Waals surface area contributed by atoms with Crippen LogP contribution in [-0.2, 0) is 0 Å². The molecule has 3 N–H and O–H groups in total. The Kier molecular flexibility index (Phi) is 3.38. The van der Waals surface area contributed by atoms with Crippen LogP contribution in [0.25, 0.3) is 0 Å². The molecule has 0 spiro atoms. The zero-order valence-corrected chi connectivity index (χ0v) is 9.95. The van der Waals surface area contributed by atoms with E-state index in [-0.39, 0.29) is 6.04 Å². The Morgan fingerprint density at radius 1 is 1.50 bits per heavy atom. The highest BCUT2D eigenvalue weighted by atomic mass is 35.5. The summed E-state index contributed by atoms with van der Waals surface area (Å²) in [5, 5.41) is 10.5. The molecular weight excluding hydrogens is 226 g/mol. The van der Waals surface area contributed by atoms with Crippen molar-refractivity contribution in [2.24, 2.45) is 11.7 Å². The average molecular weight is 242 g/mol. The fourth-order valence-electron chi connectivity index (χ4n) is 1.81. The Morgan fingerprint density at radius 3 is 2.75 bits per heavy atom. The molecule has 2 atom stereocenters. The molecular formula is C12H16ClNO2. The van der Waals surface area contributed by atoms with Crippen LogP contribution < -0.4 is 10.5 Å². The molecule has 16 heavy (non-hydrogen) atoms. The molecule has 0 radical (unpaired) electrons. The molecule has 1 saturated carbocycles. The lowest BCUT2D eigenvalue weighted by Crippen LogP contribution is -2.27. The van der Waals surface area contributed by atoms with Crippen molar-refractivity contribution in [2.75, 3.05) is 7.11 Å². The Bertz CT molecular complexity index is 379. The summed E-state index contributed by atoms with van der Waals surface area (Å²) >= 11 is 5.93. The van der Waals surface area contributed by atoms with Gasteiger partial charge in [0.2, 0.25) is 0 Å². The molecule has 1 fully saturated rings. The number of ether oxygens (including phenoxy) is 1. The van der Waals surface area contributed by atoms with Crippen molar-refractivity contribution in [2.45, 2.75) is 25.0 Å². The zero-order valence-electron chi connectivity index (χ0n) is 9.19. The monoisotopic (exact) mass is 241 g/mol. The average Bonchev–Trinajstić information content (AvgIpc) is 3.11. The third kappa shape index (κ3) is 2.32. The van der Waals surface area contributed by atoms with Gasteiger partial charge in [0.25, 0.3) is 0 Å². The van der Waals surface area contributed by atoms with Crippen LogP contribution in [0.2, 0.25) is 5.02 Å². The van der Waals surface area contributed by atoms with Gasteiger partial charge in [0, 0.05) is 0 Å². The number of aliphatic hydroxyl groups is 1. The molecule has 3 nitrogen and oxygen atoms in total. The minimum atomic E-state index is -0.467. The van der Waals surface area contributed by atoms with E-state index in [2.05, 4.69) is 0 Å². The Hall–Kier alpha value is -0.770. The van der Waals surface area contributed by atoms with E-state index in [9.17, 15) is 5.11 Å². The SMILES string of the molecule is COc1cc([C@@H](N)[C@@H](O)C2CC2)ccc1Cl. The summed E-state index contributed by atoms with van der Waals surface area (Å²) in [6.45, 7) is 0.